The molecule has 0 spiro atoms. The molecule has 0 aromatic heterocycles. The molecule has 0 rings (SSSR count). The van der Waals surface area contributed by atoms with Gasteiger partial charge in [0, 0.05) is 18.8 Å². The lowest BCUT2D eigenvalue weighted by Gasteiger charge is -1.98. The van der Waals surface area contributed by atoms with Crippen LogP contribution < -0.4 is 0 Å². The van der Waals surface area contributed by atoms with Gasteiger partial charge in [-0.05, 0) is 6.92 Å². The maximum Gasteiger partial charge on any atom is 0.136 e. The largest absolute Gasteiger partial charge is 0.303 e. The zero-order chi connectivity index (χ0) is 7.28. The van der Waals surface area contributed by atoms with Crippen LogP contribution in [0.1, 0.15) is 19.8 Å². The molecule has 1 atom stereocenters. The summed E-state index contributed by atoms with van der Waals surface area (Å²) in [6, 6.07) is 0. The maximum atomic E-state index is 10.7. The normalized spacial score (nSPS) is 9.67. The number of hydrogen-bond donors (Lipinski definition) is 0. The van der Waals surface area contributed by atoms with Gasteiger partial charge in [0.25, 0.3) is 0 Å². The molecule has 0 N–H and O–H groups in total. The summed E-state index contributed by atoms with van der Waals surface area (Å²) in [5.41, 5.74) is 0. The Morgan fingerprint density at radius 3 is 2.67 bits per heavy atom. The molecule has 0 aliphatic carbocycles. The van der Waals surface area contributed by atoms with Crippen molar-refractivity contribution in [1.29, 1.82) is 0 Å². The molecule has 0 aromatic rings. The lowest BCUT2D eigenvalue weighted by atomic mass is 10.1. The highest BCUT2D eigenvalue weighted by atomic mass is 16.1. The first-order valence-electron chi connectivity index (χ1n) is 2.98. The van der Waals surface area contributed by atoms with Crippen molar-refractivity contribution in [2.75, 3.05) is 0 Å². The second kappa shape index (κ2) is 4.24. The average Bonchev–Trinajstić information content (AvgIpc) is 1.82. The maximum absolute atomic E-state index is 10.7. The van der Waals surface area contributed by atoms with E-state index in [1.165, 1.54) is 0 Å². The van der Waals surface area contributed by atoms with E-state index < -0.39 is 0 Å². The Bertz CT molecular complexity index is 105. The zero-order valence-corrected chi connectivity index (χ0v) is 5.59. The fourth-order valence-electron chi connectivity index (χ4n) is 0.448. The van der Waals surface area contributed by atoms with Gasteiger partial charge < -0.3 is 4.79 Å². The van der Waals surface area contributed by atoms with Crippen molar-refractivity contribution in [3.8, 4) is 0 Å². The minimum Gasteiger partial charge on any atom is -0.303 e. The third-order valence-electron chi connectivity index (χ3n) is 1.06. The first-order chi connectivity index (χ1) is 4.18. The van der Waals surface area contributed by atoms with Crippen LogP contribution in [0.4, 0.5) is 0 Å². The molecule has 0 aromatic carbocycles. The molecule has 0 aliphatic rings. The third kappa shape index (κ3) is 3.88. The summed E-state index contributed by atoms with van der Waals surface area (Å²) >= 11 is 0. The van der Waals surface area contributed by atoms with Gasteiger partial charge in [-0.3, -0.25) is 4.79 Å². The molecule has 0 bridgehead atoms. The number of carbonyl (C=O) groups excluding carboxylic acids is 2. The van der Waals surface area contributed by atoms with Crippen LogP contribution in [0.5, 0.6) is 0 Å². The fraction of sp³-hybridized carbons (Fsp3) is 0.571. The molecular formula is C7H11O2. The first-order valence-corrected chi connectivity index (χ1v) is 2.98. The van der Waals surface area contributed by atoms with E-state index in [-0.39, 0.29) is 11.7 Å². The standard InChI is InChI=1S/C7H11O2/c1-6(2)7(9)4-3-5-8/h5-6H,1,3-4H2,2H3. The van der Waals surface area contributed by atoms with Crippen LogP contribution >= 0.6 is 0 Å². The van der Waals surface area contributed by atoms with Crippen LogP contribution in [-0.2, 0) is 9.59 Å². The SMILES string of the molecule is [CH2]C(C)C(=O)CCC=O. The Hall–Kier alpha value is -0.660. The van der Waals surface area contributed by atoms with Gasteiger partial charge in [-0.1, -0.05) is 6.92 Å². The topological polar surface area (TPSA) is 34.1 Å². The Kier molecular flexibility index (Phi) is 3.93. The molecule has 0 saturated heterocycles. The Balaban J connectivity index is 3.38. The number of aldehydes is 1. The minimum atomic E-state index is -0.176. The lowest BCUT2D eigenvalue weighted by Crippen LogP contribution is -2.06. The Morgan fingerprint density at radius 1 is 1.78 bits per heavy atom. The minimum absolute atomic E-state index is 0.0575. The van der Waals surface area contributed by atoms with Gasteiger partial charge in [-0.15, -0.1) is 0 Å². The second-order valence-corrected chi connectivity index (χ2v) is 2.07. The molecule has 1 radical (unpaired) electrons. The summed E-state index contributed by atoms with van der Waals surface area (Å²) in [6.07, 6.45) is 1.42. The number of hydrogen-bond acceptors (Lipinski definition) is 2. The van der Waals surface area contributed by atoms with E-state index in [1.54, 1.807) is 6.92 Å². The van der Waals surface area contributed by atoms with E-state index in [0.717, 1.165) is 6.29 Å². The van der Waals surface area contributed by atoms with Crippen molar-refractivity contribution in [3.63, 3.8) is 0 Å². The van der Waals surface area contributed by atoms with Crippen molar-refractivity contribution >= 4 is 12.1 Å². The summed E-state index contributed by atoms with van der Waals surface area (Å²) in [5.74, 6) is -0.118. The smallest absolute Gasteiger partial charge is 0.136 e. The van der Waals surface area contributed by atoms with Gasteiger partial charge in [0.15, 0.2) is 0 Å². The second-order valence-electron chi connectivity index (χ2n) is 2.07. The van der Waals surface area contributed by atoms with E-state index in [4.69, 9.17) is 0 Å². The summed E-state index contributed by atoms with van der Waals surface area (Å²) in [4.78, 5) is 20.4. The van der Waals surface area contributed by atoms with Crippen molar-refractivity contribution in [2.24, 2.45) is 5.92 Å². The first kappa shape index (κ1) is 8.34. The van der Waals surface area contributed by atoms with E-state index in [2.05, 4.69) is 6.92 Å². The quantitative estimate of drug-likeness (QED) is 0.528. The van der Waals surface area contributed by atoms with Crippen LogP contribution in [0.2, 0.25) is 0 Å². The molecule has 0 amide bonds. The summed E-state index contributed by atoms with van der Waals surface area (Å²) in [6.45, 7) is 5.26. The van der Waals surface area contributed by atoms with Crippen LogP contribution in [-0.4, -0.2) is 12.1 Å². The molecule has 0 fully saturated rings. The van der Waals surface area contributed by atoms with Gasteiger partial charge in [0.1, 0.15) is 12.1 Å². The number of ketones is 1. The van der Waals surface area contributed by atoms with Gasteiger partial charge >= 0.3 is 0 Å². The highest BCUT2D eigenvalue weighted by Crippen LogP contribution is 1.98. The third-order valence-corrected chi connectivity index (χ3v) is 1.06. The highest BCUT2D eigenvalue weighted by molar-refractivity contribution is 5.82. The molecule has 9 heavy (non-hydrogen) atoms. The van der Waals surface area contributed by atoms with E-state index in [9.17, 15) is 9.59 Å². The van der Waals surface area contributed by atoms with E-state index in [0.29, 0.717) is 12.8 Å². The van der Waals surface area contributed by atoms with Crippen molar-refractivity contribution < 1.29 is 9.59 Å². The van der Waals surface area contributed by atoms with Crippen LogP contribution in [0.25, 0.3) is 0 Å². The van der Waals surface area contributed by atoms with Gasteiger partial charge in [0.2, 0.25) is 0 Å². The molecule has 0 aliphatic heterocycles. The summed E-state index contributed by atoms with van der Waals surface area (Å²) in [5, 5.41) is 0. The van der Waals surface area contributed by atoms with Crippen LogP contribution in [0, 0.1) is 12.8 Å². The van der Waals surface area contributed by atoms with Crippen molar-refractivity contribution in [3.05, 3.63) is 6.92 Å². The average molecular weight is 127 g/mol. The molecule has 0 saturated carbocycles. The molecule has 1 unspecified atom stereocenters. The van der Waals surface area contributed by atoms with Gasteiger partial charge in [0.05, 0.1) is 0 Å². The molecular weight excluding hydrogens is 116 g/mol. The fourth-order valence-corrected chi connectivity index (χ4v) is 0.448. The van der Waals surface area contributed by atoms with Gasteiger partial charge in [-0.2, -0.15) is 0 Å². The van der Waals surface area contributed by atoms with Gasteiger partial charge in [-0.25, -0.2) is 0 Å². The molecule has 51 valence electrons. The Morgan fingerprint density at radius 2 is 2.33 bits per heavy atom. The summed E-state index contributed by atoms with van der Waals surface area (Å²) < 4.78 is 0. The monoisotopic (exact) mass is 127 g/mol. The van der Waals surface area contributed by atoms with E-state index >= 15 is 0 Å². The number of Topliss-reactive ketones (excluding diaryl/α,β-unsaturated/α-hetero) is 1. The summed E-state index contributed by atoms with van der Waals surface area (Å²) in [7, 11) is 0. The predicted molar refractivity (Wildman–Crippen MR) is 34.8 cm³/mol. The van der Waals surface area contributed by atoms with Crippen molar-refractivity contribution in [1.82, 2.24) is 0 Å². The molecule has 2 heteroatoms. The van der Waals surface area contributed by atoms with Crippen LogP contribution in [0.3, 0.4) is 0 Å². The van der Waals surface area contributed by atoms with Crippen molar-refractivity contribution in [2.45, 2.75) is 19.8 Å². The zero-order valence-electron chi connectivity index (χ0n) is 5.59. The molecule has 0 heterocycles. The lowest BCUT2D eigenvalue weighted by molar-refractivity contribution is -0.122. The highest BCUT2D eigenvalue weighted by Gasteiger charge is 2.04. The number of rotatable bonds is 4. The predicted octanol–water partition coefficient (Wildman–Crippen LogP) is 1.00. The van der Waals surface area contributed by atoms with Crippen LogP contribution in [0.15, 0.2) is 0 Å². The molecule has 2 nitrogen and oxygen atoms in total. The Labute approximate surface area is 55.3 Å². The number of carbonyl (C=O) groups is 2. The van der Waals surface area contributed by atoms with E-state index in [1.807, 2.05) is 0 Å².